The predicted molar refractivity (Wildman–Crippen MR) is 157 cm³/mol. The third-order valence-electron chi connectivity index (χ3n) is 6.45. The number of hydrogen-bond donors (Lipinski definition) is 0. The highest BCUT2D eigenvalue weighted by Crippen LogP contribution is 2.50. The van der Waals surface area contributed by atoms with Gasteiger partial charge in [-0.05, 0) is 22.2 Å². The molecule has 5 aromatic carbocycles. The summed E-state index contributed by atoms with van der Waals surface area (Å²) >= 11 is 0. The van der Waals surface area contributed by atoms with Crippen LogP contribution < -0.4 is 25.9 Å². The Balaban J connectivity index is 1.49. The Kier molecular flexibility index (Phi) is 6.92. The number of nitrogens with zero attached hydrogens (tertiary/aromatic N) is 2. The van der Waals surface area contributed by atoms with Crippen molar-refractivity contribution < 1.29 is 0 Å². The molecule has 0 unspecified atom stereocenters. The second-order valence-corrected chi connectivity index (χ2v) is 13.2. The molecule has 5 aromatic rings. The molecule has 0 spiro atoms. The SMILES string of the molecule is c1ccc(P(c2ccccc2)N2Cc3ccccc3N(P(c3ccccc3)c3ccccc3)C2)cc1. The first-order valence-corrected chi connectivity index (χ1v) is 14.9. The van der Waals surface area contributed by atoms with Gasteiger partial charge < -0.3 is 4.67 Å². The zero-order valence-electron chi connectivity index (χ0n) is 20.1. The lowest BCUT2D eigenvalue weighted by Crippen LogP contribution is -2.43. The molecular formula is C32H28N2P2. The van der Waals surface area contributed by atoms with E-state index in [9.17, 15) is 0 Å². The van der Waals surface area contributed by atoms with E-state index in [0.29, 0.717) is 0 Å². The average Bonchev–Trinajstić information content (AvgIpc) is 2.96. The quantitative estimate of drug-likeness (QED) is 0.249. The highest BCUT2D eigenvalue weighted by molar-refractivity contribution is 7.74. The van der Waals surface area contributed by atoms with Crippen molar-refractivity contribution in [2.75, 3.05) is 11.3 Å². The zero-order chi connectivity index (χ0) is 24.2. The van der Waals surface area contributed by atoms with Gasteiger partial charge in [0.15, 0.2) is 0 Å². The van der Waals surface area contributed by atoms with Gasteiger partial charge >= 0.3 is 0 Å². The molecule has 36 heavy (non-hydrogen) atoms. The summed E-state index contributed by atoms with van der Waals surface area (Å²) in [6.45, 7) is 1.82. The second kappa shape index (κ2) is 10.8. The maximum atomic E-state index is 2.70. The van der Waals surface area contributed by atoms with Crippen molar-refractivity contribution in [3.8, 4) is 0 Å². The van der Waals surface area contributed by atoms with Crippen LogP contribution in [0, 0.1) is 0 Å². The number of hydrogen-bond acceptors (Lipinski definition) is 2. The summed E-state index contributed by atoms with van der Waals surface area (Å²) in [4.78, 5) is 0. The van der Waals surface area contributed by atoms with Gasteiger partial charge in [-0.2, -0.15) is 0 Å². The third-order valence-corrected chi connectivity index (χ3v) is 11.3. The Hall–Kier alpha value is -3.28. The molecule has 4 heteroatoms. The molecule has 0 aliphatic carbocycles. The zero-order valence-corrected chi connectivity index (χ0v) is 21.8. The summed E-state index contributed by atoms with van der Waals surface area (Å²) in [6, 6.07) is 53.1. The molecule has 0 amide bonds. The Bertz CT molecular complexity index is 1320. The lowest BCUT2D eigenvalue weighted by Gasteiger charge is -2.45. The highest BCUT2D eigenvalue weighted by Gasteiger charge is 2.34. The van der Waals surface area contributed by atoms with Crippen LogP contribution in [-0.4, -0.2) is 11.3 Å². The van der Waals surface area contributed by atoms with E-state index in [2.05, 4.69) is 155 Å². The minimum atomic E-state index is -0.743. The summed E-state index contributed by atoms with van der Waals surface area (Å²) in [5.41, 5.74) is 2.74. The maximum Gasteiger partial charge on any atom is 0.0791 e. The van der Waals surface area contributed by atoms with E-state index in [-0.39, 0.29) is 0 Å². The molecule has 176 valence electrons. The highest BCUT2D eigenvalue weighted by atomic mass is 31.1. The van der Waals surface area contributed by atoms with E-state index in [1.165, 1.54) is 32.5 Å². The van der Waals surface area contributed by atoms with Gasteiger partial charge in [-0.1, -0.05) is 140 Å². The number of para-hydroxylation sites is 1. The van der Waals surface area contributed by atoms with Crippen LogP contribution in [0.1, 0.15) is 5.56 Å². The van der Waals surface area contributed by atoms with Gasteiger partial charge in [0.2, 0.25) is 0 Å². The number of benzene rings is 5. The van der Waals surface area contributed by atoms with Crippen molar-refractivity contribution in [2.24, 2.45) is 0 Å². The molecule has 1 aliphatic rings. The van der Waals surface area contributed by atoms with Gasteiger partial charge in [0.25, 0.3) is 0 Å². The molecule has 6 rings (SSSR count). The molecule has 2 nitrogen and oxygen atoms in total. The summed E-state index contributed by atoms with van der Waals surface area (Å²) in [6.07, 6.45) is 0. The van der Waals surface area contributed by atoms with Crippen molar-refractivity contribution >= 4 is 43.1 Å². The molecule has 0 bridgehead atoms. The van der Waals surface area contributed by atoms with E-state index in [1.807, 2.05) is 0 Å². The van der Waals surface area contributed by atoms with Gasteiger partial charge in [-0.3, -0.25) is 4.67 Å². The van der Waals surface area contributed by atoms with E-state index in [4.69, 9.17) is 0 Å². The molecule has 0 saturated carbocycles. The van der Waals surface area contributed by atoms with Gasteiger partial charge in [0, 0.05) is 30.9 Å². The van der Waals surface area contributed by atoms with Crippen LogP contribution in [0.25, 0.3) is 0 Å². The smallest absolute Gasteiger partial charge is 0.0791 e. The van der Waals surface area contributed by atoms with Gasteiger partial charge in [-0.15, -0.1) is 0 Å². The Morgan fingerprint density at radius 1 is 0.417 bits per heavy atom. The van der Waals surface area contributed by atoms with Crippen LogP contribution in [0.4, 0.5) is 5.69 Å². The Labute approximate surface area is 216 Å². The van der Waals surface area contributed by atoms with E-state index in [0.717, 1.165) is 13.2 Å². The molecule has 1 heterocycles. The molecule has 1 aliphatic heterocycles. The van der Waals surface area contributed by atoms with Crippen molar-refractivity contribution in [1.82, 2.24) is 4.67 Å². The molecule has 0 N–H and O–H groups in total. The molecule has 0 atom stereocenters. The standard InChI is InChI=1S/C32H28N2P2/c1-5-16-28(17-6-1)35(29-18-7-2-8-19-29)33-25-27-15-13-14-24-32(27)34(26-33)36(30-20-9-3-10-21-30)31-22-11-4-12-23-31/h1-24H,25-26H2. The normalized spacial score (nSPS) is 13.7. The number of rotatable bonds is 6. The van der Waals surface area contributed by atoms with Crippen LogP contribution in [0.15, 0.2) is 146 Å². The minimum absolute atomic E-state index is 0.681. The summed E-state index contributed by atoms with van der Waals surface area (Å²) in [5, 5.41) is 5.53. The second-order valence-electron chi connectivity index (χ2n) is 8.80. The predicted octanol–water partition coefficient (Wildman–Crippen LogP) is 6.36. The minimum Gasteiger partial charge on any atom is -0.329 e. The third kappa shape index (κ3) is 4.73. The van der Waals surface area contributed by atoms with Crippen molar-refractivity contribution in [3.05, 3.63) is 151 Å². The fourth-order valence-corrected chi connectivity index (χ4v) is 9.82. The van der Waals surface area contributed by atoms with Gasteiger partial charge in [0.05, 0.1) is 14.7 Å². The first-order valence-electron chi connectivity index (χ1n) is 12.3. The van der Waals surface area contributed by atoms with Crippen LogP contribution in [-0.2, 0) is 6.54 Å². The van der Waals surface area contributed by atoms with Crippen LogP contribution in [0.5, 0.6) is 0 Å². The molecule has 0 radical (unpaired) electrons. The Morgan fingerprint density at radius 2 is 0.806 bits per heavy atom. The molecular weight excluding hydrogens is 474 g/mol. The topological polar surface area (TPSA) is 6.48 Å². The van der Waals surface area contributed by atoms with Crippen LogP contribution in [0.3, 0.4) is 0 Å². The maximum absolute atomic E-state index is 2.70. The average molecular weight is 503 g/mol. The Morgan fingerprint density at radius 3 is 1.28 bits per heavy atom. The van der Waals surface area contributed by atoms with E-state index in [1.54, 1.807) is 0 Å². The summed E-state index contributed by atoms with van der Waals surface area (Å²) in [5.74, 6) is 0. The lowest BCUT2D eigenvalue weighted by atomic mass is 10.1. The first kappa shape index (κ1) is 23.1. The van der Waals surface area contributed by atoms with Crippen molar-refractivity contribution in [1.29, 1.82) is 0 Å². The summed E-state index contributed by atoms with van der Waals surface area (Å²) < 4.78 is 5.36. The van der Waals surface area contributed by atoms with E-state index >= 15 is 0 Å². The fourth-order valence-electron chi connectivity index (χ4n) is 4.86. The van der Waals surface area contributed by atoms with Crippen molar-refractivity contribution in [3.63, 3.8) is 0 Å². The van der Waals surface area contributed by atoms with Gasteiger partial charge in [-0.25, -0.2) is 0 Å². The van der Waals surface area contributed by atoms with Gasteiger partial charge in [0.1, 0.15) is 0 Å². The lowest BCUT2D eigenvalue weighted by molar-refractivity contribution is 0.456. The monoisotopic (exact) mass is 502 g/mol. The molecule has 0 saturated heterocycles. The van der Waals surface area contributed by atoms with Crippen LogP contribution >= 0.6 is 16.1 Å². The van der Waals surface area contributed by atoms with Crippen LogP contribution in [0.2, 0.25) is 0 Å². The molecule has 0 fully saturated rings. The first-order chi connectivity index (χ1) is 17.9. The fraction of sp³-hybridized carbons (Fsp3) is 0.0625. The number of anilines is 1. The largest absolute Gasteiger partial charge is 0.329 e. The van der Waals surface area contributed by atoms with E-state index < -0.39 is 16.1 Å². The summed E-state index contributed by atoms with van der Waals surface area (Å²) in [7, 11) is -1.42. The number of fused-ring (bicyclic) bond motifs is 1. The van der Waals surface area contributed by atoms with Crippen molar-refractivity contribution in [2.45, 2.75) is 6.54 Å². The molecule has 0 aromatic heterocycles.